The van der Waals surface area contributed by atoms with Gasteiger partial charge in [-0.25, -0.2) is 9.97 Å². The predicted octanol–water partition coefficient (Wildman–Crippen LogP) is 28.1. The monoisotopic (exact) mass is 1880 g/mol. The maximum absolute atomic E-state index is 8.67. The van der Waals surface area contributed by atoms with E-state index in [0.29, 0.717) is 89.4 Å². The van der Waals surface area contributed by atoms with Crippen molar-refractivity contribution in [2.24, 2.45) is 5.41 Å². The maximum atomic E-state index is 8.67. The topological polar surface area (TPSA) is 104 Å². The summed E-state index contributed by atoms with van der Waals surface area (Å²) in [7, 11) is 0. The minimum Gasteiger partial charge on any atom is -0.486 e. The molecule has 114 heavy (non-hydrogen) atoms. The Balaban J connectivity index is 0.000000190. The first-order valence-corrected chi connectivity index (χ1v) is 37.0. The molecule has 0 aliphatic carbocycles. The second-order valence-corrected chi connectivity index (χ2v) is 30.0. The van der Waals surface area contributed by atoms with E-state index in [1.165, 1.54) is 77.9 Å². The van der Waals surface area contributed by atoms with E-state index < -0.39 is 66.6 Å². The Morgan fingerprint density at radius 2 is 0.851 bits per heavy atom. The molecule has 582 valence electrons. The quantitative estimate of drug-likeness (QED) is 0.111. The van der Waals surface area contributed by atoms with Crippen LogP contribution >= 0.6 is 0 Å². The van der Waals surface area contributed by atoms with Gasteiger partial charge < -0.3 is 28.8 Å². The molecule has 10 heteroatoms. The zero-order chi connectivity index (χ0) is 101. The molecule has 0 spiro atoms. The van der Waals surface area contributed by atoms with Gasteiger partial charge in [0.05, 0.1) is 11.2 Å². The van der Waals surface area contributed by atoms with Crippen molar-refractivity contribution >= 4 is 44.1 Å². The van der Waals surface area contributed by atoms with E-state index >= 15 is 0 Å². The van der Waals surface area contributed by atoms with E-state index in [4.69, 9.17) is 44.5 Å². The van der Waals surface area contributed by atoms with Gasteiger partial charge in [-0.2, -0.15) is 0 Å². The Kier molecular flexibility index (Phi) is 17.6. The van der Waals surface area contributed by atoms with Crippen LogP contribution in [0.25, 0.3) is 134 Å². The number of hydrogen-bond acceptors (Lipinski definition) is 8. The zero-order valence-electron chi connectivity index (χ0n) is 91.5. The van der Waals surface area contributed by atoms with E-state index in [1.54, 1.807) is 91.0 Å². The Morgan fingerprint density at radius 1 is 0.386 bits per heavy atom. The molecular weight excluding hydrogens is 1750 g/mol. The van der Waals surface area contributed by atoms with Crippen molar-refractivity contribution in [1.29, 1.82) is 0 Å². The molecule has 2 radical (unpaired) electrons. The average molecular weight is 1880 g/mol. The van der Waals surface area contributed by atoms with Gasteiger partial charge in [0, 0.05) is 123 Å². The SMILES string of the molecule is [2H]C([2H])([2H])c1c[c-]c(-c2ccc(C([2H])([2H])C(C)(C)C)cn2)cc1.[2H]C([2H])([2H])c1c[c-]c(-c2ccc(C([2H])([2H])[2H])cn2)cc1.[2H]C([2H])([2H])c1ccc2c(n1)oc1c(-c3cc(-c4cc(C)c(-c5ccc(C)cc5C)cc4C)c(C([2H])([2H])[2H])cn3)[c-]ccc12.[2H]C([2H])([2H])c1ccc2c(n1)oc1c(-c3cc(-c4ccc(-c5c(C(C)C)cc(C(C)C)cc5C(C)C)cc4C([2H])([2H])[2H])c(C([2H])([2H])[2H])cn3)[c-]ccc12.[Ir].[Ir]. The number of aryl methyl sites for hydroxylation is 12. The molecule has 0 bridgehead atoms. The van der Waals surface area contributed by atoms with Gasteiger partial charge in [0.1, 0.15) is 0 Å². The number of nitrogens with zero attached hydrogens (tertiary/aromatic N) is 6. The van der Waals surface area contributed by atoms with E-state index in [-0.39, 0.29) is 119 Å². The molecule has 0 aliphatic rings. The molecule has 0 unspecified atom stereocenters. The van der Waals surface area contributed by atoms with Gasteiger partial charge in [-0.15, -0.1) is 107 Å². The molecule has 0 amide bonds. The summed E-state index contributed by atoms with van der Waals surface area (Å²) in [6, 6.07) is 64.8. The van der Waals surface area contributed by atoms with Crippen LogP contribution in [0.3, 0.4) is 0 Å². The fourth-order valence-electron chi connectivity index (χ4n) is 13.8. The van der Waals surface area contributed by atoms with Gasteiger partial charge in [-0.1, -0.05) is 201 Å². The first kappa shape index (κ1) is 55.9. The standard InChI is InChI=1S/C40H41N2O.C34H29N2O.C17H20N.C13H12N.2Ir/c1-22(2)29-18-34(23(3)4)38(35(19-29)24(5)6)28-14-16-30(25(7)17-28)36-20-37(41-21-26(36)8)33-12-10-11-31-32-15-13-27(9)42-40(32)43-39(31)33;1-19-10-12-25(20(2)14-19)29-15-22(4)30(16-21(29)3)31-17-32(35-18-23(31)5)28-9-7-8-26-27-13-11-24(6)36-34(27)37-33(26)28;1-13-5-8-15(9-6-13)16-10-7-14(12-18-16)11-17(2,3)4;1-10-3-6-12(7-4-10)13-8-5-11(2)9-14-13;;/h10-11,13-24H,1-9H3;7-8,10-18H,1-6H3;5-8,10,12H,11H2,1-4H3;3-6,8-9H,1-2H3;;/q4*-1;;/i7D3,8D3,9D3;5D3,6D3;1D3,11D2;1D3,2D3;;. The van der Waals surface area contributed by atoms with Crippen LogP contribution in [0, 0.1) is 112 Å². The van der Waals surface area contributed by atoms with Gasteiger partial charge in [-0.05, 0) is 251 Å². The number of pyridine rings is 6. The molecule has 16 aromatic rings. The molecule has 8 nitrogen and oxygen atoms in total. The molecule has 0 saturated carbocycles. The second-order valence-electron chi connectivity index (χ2n) is 30.0. The summed E-state index contributed by atoms with van der Waals surface area (Å²) in [5.41, 5.74) is 19.5. The summed E-state index contributed by atoms with van der Waals surface area (Å²) in [4.78, 5) is 26.0. The van der Waals surface area contributed by atoms with Crippen LogP contribution < -0.4 is 0 Å². The number of benzene rings is 8. The van der Waals surface area contributed by atoms with Crippen molar-refractivity contribution in [2.75, 3.05) is 0 Å². The van der Waals surface area contributed by atoms with Gasteiger partial charge in [0.25, 0.3) is 0 Å². The molecule has 8 heterocycles. The molecule has 0 N–H and O–H groups in total. The molecule has 0 atom stereocenters. The van der Waals surface area contributed by atoms with Gasteiger partial charge in [0.15, 0.2) is 0 Å². The van der Waals surface area contributed by atoms with Crippen molar-refractivity contribution in [3.05, 3.63) is 320 Å². The van der Waals surface area contributed by atoms with Crippen LogP contribution in [-0.4, -0.2) is 29.9 Å². The van der Waals surface area contributed by atoms with Crippen LogP contribution in [0.15, 0.2) is 216 Å². The summed E-state index contributed by atoms with van der Waals surface area (Å²) < 4.78 is 217. The number of rotatable bonds is 12. The van der Waals surface area contributed by atoms with E-state index in [2.05, 4.69) is 146 Å². The number of aromatic nitrogens is 6. The summed E-state index contributed by atoms with van der Waals surface area (Å²) in [6.45, 7) is 7.74. The number of fused-ring (bicyclic) bond motifs is 6. The second kappa shape index (κ2) is 35.9. The predicted molar refractivity (Wildman–Crippen MR) is 468 cm³/mol. The molecule has 8 aromatic heterocycles. The maximum Gasteiger partial charge on any atom is 0.216 e. The summed E-state index contributed by atoms with van der Waals surface area (Å²) in [6.07, 6.45) is 4.01. The van der Waals surface area contributed by atoms with Crippen LogP contribution in [0.5, 0.6) is 0 Å². The van der Waals surface area contributed by atoms with E-state index in [0.717, 1.165) is 55.5 Å². The van der Waals surface area contributed by atoms with Crippen molar-refractivity contribution in [2.45, 2.75) is 169 Å². The average Bonchev–Trinajstić information content (AvgIpc) is 1.54. The third-order valence-corrected chi connectivity index (χ3v) is 19.4. The normalized spacial score (nSPS) is 15.7. The van der Waals surface area contributed by atoms with Crippen molar-refractivity contribution < 1.29 is 84.7 Å². The van der Waals surface area contributed by atoms with Crippen molar-refractivity contribution in [3.8, 4) is 89.5 Å². The van der Waals surface area contributed by atoms with Gasteiger partial charge in [-0.3, -0.25) is 0 Å². The van der Waals surface area contributed by atoms with Crippen LogP contribution in [0.1, 0.15) is 205 Å². The van der Waals surface area contributed by atoms with Crippen LogP contribution in [0.4, 0.5) is 0 Å². The fourth-order valence-corrected chi connectivity index (χ4v) is 13.8. The van der Waals surface area contributed by atoms with Crippen LogP contribution in [-0.2, 0) is 46.6 Å². The molecule has 16 rings (SSSR count). The number of furan rings is 2. The molecule has 8 aromatic carbocycles. The Labute approximate surface area is 739 Å². The summed E-state index contributed by atoms with van der Waals surface area (Å²) in [5, 5.41) is 2.66. The Hall–Kier alpha value is -10.4. The minimum atomic E-state index is -2.61. The summed E-state index contributed by atoms with van der Waals surface area (Å²) >= 11 is 0. The Bertz CT molecular complexity index is 7120. The van der Waals surface area contributed by atoms with Gasteiger partial charge in [0.2, 0.25) is 11.4 Å². The third-order valence-electron chi connectivity index (χ3n) is 19.4. The number of hydrogen-bond donors (Lipinski definition) is 0. The van der Waals surface area contributed by atoms with Gasteiger partial charge >= 0.3 is 0 Å². The molecule has 0 saturated heterocycles. The van der Waals surface area contributed by atoms with Crippen LogP contribution in [0.2, 0.25) is 0 Å². The molecular formula is C104H102Ir2N6O2-4. The minimum absolute atomic E-state index is 0. The fraction of sp³-hybridized carbons (Fsp3) is 0.250. The molecule has 0 fully saturated rings. The Morgan fingerprint density at radius 3 is 1.30 bits per heavy atom. The third kappa shape index (κ3) is 19.0. The van der Waals surface area contributed by atoms with Crippen molar-refractivity contribution in [3.63, 3.8) is 0 Å². The van der Waals surface area contributed by atoms with E-state index in [9.17, 15) is 0 Å². The summed E-state index contributed by atoms with van der Waals surface area (Å²) in [5.74, 6) is 0.646. The zero-order valence-corrected chi connectivity index (χ0v) is 70.3. The largest absolute Gasteiger partial charge is 0.486 e. The smallest absolute Gasteiger partial charge is 0.216 e. The first-order chi connectivity index (χ1) is 64.0. The van der Waals surface area contributed by atoms with E-state index in [1.807, 2.05) is 52.8 Å². The van der Waals surface area contributed by atoms with Crippen molar-refractivity contribution in [1.82, 2.24) is 29.9 Å². The molecule has 0 aliphatic heterocycles. The first-order valence-electron chi connectivity index (χ1n) is 50.0.